The Hall–Kier alpha value is -3.62. The number of carbonyl (C=O) groups is 1. The molecule has 0 bridgehead atoms. The van der Waals surface area contributed by atoms with Crippen LogP contribution in [-0.4, -0.2) is 41.1 Å². The monoisotopic (exact) mass is 426 g/mol. The topological polar surface area (TPSA) is 104 Å². The van der Waals surface area contributed by atoms with Gasteiger partial charge in [-0.05, 0) is 30.9 Å². The van der Waals surface area contributed by atoms with Gasteiger partial charge in [-0.15, -0.1) is 0 Å². The lowest BCUT2D eigenvalue weighted by molar-refractivity contribution is 0.0707. The number of rotatable bonds is 6. The standard InChI is InChI=1S/C22H23FN4O4/c1-29-20-11-21(24)25-12-18(20)14-4-7-27(8-5-14)22(28)17-3-2-16(10-19(17)23)30-13-15-6-9-31-26-15/h2-3,6,9-12,14H,4-5,7-8,13H2,1H3,(H2,24,25). The lowest BCUT2D eigenvalue weighted by Crippen LogP contribution is -2.38. The number of ether oxygens (including phenoxy) is 2. The molecule has 1 saturated heterocycles. The van der Waals surface area contributed by atoms with Gasteiger partial charge in [-0.3, -0.25) is 4.79 Å². The molecule has 31 heavy (non-hydrogen) atoms. The Morgan fingerprint density at radius 1 is 1.29 bits per heavy atom. The van der Waals surface area contributed by atoms with Crippen LogP contribution in [0.5, 0.6) is 11.5 Å². The third kappa shape index (κ3) is 4.60. The summed E-state index contributed by atoms with van der Waals surface area (Å²) in [5.74, 6) is 0.667. The van der Waals surface area contributed by atoms with Crippen LogP contribution in [0.3, 0.4) is 0 Å². The summed E-state index contributed by atoms with van der Waals surface area (Å²) in [7, 11) is 1.60. The molecule has 0 aliphatic carbocycles. The molecular weight excluding hydrogens is 403 g/mol. The lowest BCUT2D eigenvalue weighted by atomic mass is 9.89. The third-order valence-corrected chi connectivity index (χ3v) is 5.41. The number of anilines is 1. The summed E-state index contributed by atoms with van der Waals surface area (Å²) in [6.45, 7) is 1.18. The Balaban J connectivity index is 1.38. The molecule has 0 radical (unpaired) electrons. The van der Waals surface area contributed by atoms with Crippen LogP contribution in [0.1, 0.15) is 40.4 Å². The van der Waals surface area contributed by atoms with Crippen LogP contribution in [0.2, 0.25) is 0 Å². The quantitative estimate of drug-likeness (QED) is 0.644. The molecule has 3 aromatic rings. The largest absolute Gasteiger partial charge is 0.496 e. The van der Waals surface area contributed by atoms with E-state index in [-0.39, 0.29) is 24.0 Å². The molecule has 1 aliphatic rings. The van der Waals surface area contributed by atoms with Crippen molar-refractivity contribution in [3.8, 4) is 11.5 Å². The van der Waals surface area contributed by atoms with Crippen LogP contribution in [0.4, 0.5) is 10.2 Å². The molecule has 1 aliphatic heterocycles. The zero-order valence-electron chi connectivity index (χ0n) is 17.1. The zero-order chi connectivity index (χ0) is 21.8. The van der Waals surface area contributed by atoms with Gasteiger partial charge in [0.05, 0.1) is 12.7 Å². The highest BCUT2D eigenvalue weighted by atomic mass is 19.1. The predicted molar refractivity (Wildman–Crippen MR) is 110 cm³/mol. The number of hydrogen-bond donors (Lipinski definition) is 1. The van der Waals surface area contributed by atoms with E-state index in [1.807, 2.05) is 0 Å². The number of halogens is 1. The number of carbonyl (C=O) groups excluding carboxylic acids is 1. The fraction of sp³-hybridized carbons (Fsp3) is 0.318. The summed E-state index contributed by atoms with van der Waals surface area (Å²) in [4.78, 5) is 18.7. The predicted octanol–water partition coefficient (Wildman–Crippen LogP) is 3.40. The van der Waals surface area contributed by atoms with Crippen LogP contribution < -0.4 is 15.2 Å². The van der Waals surface area contributed by atoms with Crippen molar-refractivity contribution in [1.29, 1.82) is 0 Å². The highest BCUT2D eigenvalue weighted by Crippen LogP contribution is 2.35. The van der Waals surface area contributed by atoms with Gasteiger partial charge in [0.25, 0.3) is 5.91 Å². The first-order valence-corrected chi connectivity index (χ1v) is 9.95. The number of nitrogen functional groups attached to an aromatic ring is 1. The first kappa shape index (κ1) is 20.6. The molecule has 0 saturated carbocycles. The number of hydrogen-bond acceptors (Lipinski definition) is 7. The number of piperidine rings is 1. The van der Waals surface area contributed by atoms with E-state index in [2.05, 4.69) is 10.1 Å². The highest BCUT2D eigenvalue weighted by Gasteiger charge is 2.28. The van der Waals surface area contributed by atoms with Crippen molar-refractivity contribution in [3.63, 3.8) is 0 Å². The Morgan fingerprint density at radius 3 is 2.77 bits per heavy atom. The average molecular weight is 426 g/mol. The molecule has 4 rings (SSSR count). The van der Waals surface area contributed by atoms with E-state index < -0.39 is 5.82 Å². The van der Waals surface area contributed by atoms with Gasteiger partial charge in [-0.1, -0.05) is 5.16 Å². The second-order valence-corrected chi connectivity index (χ2v) is 7.34. The van der Waals surface area contributed by atoms with Crippen molar-refractivity contribution in [2.45, 2.75) is 25.4 Å². The number of benzene rings is 1. The van der Waals surface area contributed by atoms with E-state index in [1.54, 1.807) is 36.4 Å². The van der Waals surface area contributed by atoms with E-state index in [9.17, 15) is 9.18 Å². The molecule has 8 nitrogen and oxygen atoms in total. The van der Waals surface area contributed by atoms with Gasteiger partial charge in [0.1, 0.15) is 41.7 Å². The minimum absolute atomic E-state index is 0.0268. The Labute approximate surface area is 178 Å². The minimum Gasteiger partial charge on any atom is -0.496 e. The highest BCUT2D eigenvalue weighted by molar-refractivity contribution is 5.94. The van der Waals surface area contributed by atoms with E-state index in [0.29, 0.717) is 36.1 Å². The van der Waals surface area contributed by atoms with E-state index in [0.717, 1.165) is 18.4 Å². The molecule has 0 atom stereocenters. The first-order chi connectivity index (χ1) is 15.0. The molecule has 2 N–H and O–H groups in total. The summed E-state index contributed by atoms with van der Waals surface area (Å²) in [5.41, 5.74) is 7.33. The summed E-state index contributed by atoms with van der Waals surface area (Å²) < 4.78 is 30.2. The Morgan fingerprint density at radius 2 is 2.10 bits per heavy atom. The van der Waals surface area contributed by atoms with E-state index >= 15 is 0 Å². The summed E-state index contributed by atoms with van der Waals surface area (Å²) in [6.07, 6.45) is 4.63. The summed E-state index contributed by atoms with van der Waals surface area (Å²) in [5, 5.41) is 3.73. The number of methoxy groups -OCH3 is 1. The molecule has 9 heteroatoms. The zero-order valence-corrected chi connectivity index (χ0v) is 17.1. The van der Waals surface area contributed by atoms with Crippen molar-refractivity contribution in [2.24, 2.45) is 0 Å². The van der Waals surface area contributed by atoms with Crippen molar-refractivity contribution in [2.75, 3.05) is 25.9 Å². The van der Waals surface area contributed by atoms with Crippen LogP contribution >= 0.6 is 0 Å². The molecular formula is C22H23FN4O4. The number of amides is 1. The maximum Gasteiger partial charge on any atom is 0.256 e. The lowest BCUT2D eigenvalue weighted by Gasteiger charge is -2.32. The van der Waals surface area contributed by atoms with E-state index in [1.165, 1.54) is 18.4 Å². The number of nitrogens with zero attached hydrogens (tertiary/aromatic N) is 3. The normalized spacial score (nSPS) is 14.5. The fourth-order valence-corrected chi connectivity index (χ4v) is 3.74. The van der Waals surface area contributed by atoms with Gasteiger partial charge in [0.15, 0.2) is 0 Å². The molecule has 162 valence electrons. The van der Waals surface area contributed by atoms with E-state index in [4.69, 9.17) is 19.7 Å². The maximum absolute atomic E-state index is 14.6. The Kier molecular flexibility index (Phi) is 6.01. The van der Waals surface area contributed by atoms with Crippen molar-refractivity contribution >= 4 is 11.7 Å². The van der Waals surface area contributed by atoms with Gasteiger partial charge < -0.3 is 24.6 Å². The summed E-state index contributed by atoms with van der Waals surface area (Å²) in [6, 6.07) is 7.61. The van der Waals surface area contributed by atoms with Crippen LogP contribution in [0.25, 0.3) is 0 Å². The molecule has 0 spiro atoms. The molecule has 1 aromatic carbocycles. The van der Waals surface area contributed by atoms with Gasteiger partial charge in [-0.2, -0.15) is 0 Å². The van der Waals surface area contributed by atoms with Gasteiger partial charge >= 0.3 is 0 Å². The van der Waals surface area contributed by atoms with Crippen molar-refractivity contribution in [1.82, 2.24) is 15.0 Å². The second kappa shape index (κ2) is 9.03. The maximum atomic E-state index is 14.6. The number of nitrogens with two attached hydrogens (primary N) is 1. The molecule has 1 amide bonds. The fourth-order valence-electron chi connectivity index (χ4n) is 3.74. The smallest absolute Gasteiger partial charge is 0.256 e. The van der Waals surface area contributed by atoms with Crippen molar-refractivity contribution < 1.29 is 23.2 Å². The van der Waals surface area contributed by atoms with Gasteiger partial charge in [-0.25, -0.2) is 9.37 Å². The van der Waals surface area contributed by atoms with Gasteiger partial charge in [0.2, 0.25) is 0 Å². The van der Waals surface area contributed by atoms with Crippen LogP contribution in [-0.2, 0) is 6.61 Å². The first-order valence-electron chi connectivity index (χ1n) is 9.95. The second-order valence-electron chi connectivity index (χ2n) is 7.34. The van der Waals surface area contributed by atoms with Crippen LogP contribution in [0, 0.1) is 5.82 Å². The third-order valence-electron chi connectivity index (χ3n) is 5.41. The average Bonchev–Trinajstić information content (AvgIpc) is 3.31. The molecule has 3 heterocycles. The van der Waals surface area contributed by atoms with Crippen LogP contribution in [0.15, 0.2) is 47.3 Å². The molecule has 0 unspecified atom stereocenters. The van der Waals surface area contributed by atoms with Gasteiger partial charge in [0, 0.05) is 43.0 Å². The minimum atomic E-state index is -0.616. The molecule has 2 aromatic heterocycles. The van der Waals surface area contributed by atoms with Crippen molar-refractivity contribution in [3.05, 3.63) is 65.4 Å². The number of aromatic nitrogens is 2. The Bertz CT molecular complexity index is 1050. The molecule has 1 fully saturated rings. The number of likely N-dealkylation sites (tertiary alicyclic amines) is 1. The summed E-state index contributed by atoms with van der Waals surface area (Å²) >= 11 is 0. The SMILES string of the molecule is COc1cc(N)ncc1C1CCN(C(=O)c2ccc(OCc3ccon3)cc2F)CC1. The number of pyridine rings is 1.